The summed E-state index contributed by atoms with van der Waals surface area (Å²) in [6.45, 7) is 5.68. The molecule has 0 radical (unpaired) electrons. The van der Waals surface area contributed by atoms with Crippen LogP contribution in [0.5, 0.6) is 23.0 Å². The van der Waals surface area contributed by atoms with Crippen LogP contribution in [-0.2, 0) is 16.0 Å². The van der Waals surface area contributed by atoms with Crippen molar-refractivity contribution in [1.29, 1.82) is 0 Å². The highest BCUT2D eigenvalue weighted by Gasteiger charge is 2.45. The van der Waals surface area contributed by atoms with Crippen molar-refractivity contribution in [2.24, 2.45) is 5.92 Å². The number of carbonyl (C=O) groups is 1. The summed E-state index contributed by atoms with van der Waals surface area (Å²) in [5, 5.41) is 9.80. The molecule has 0 saturated heterocycles. The van der Waals surface area contributed by atoms with Crippen molar-refractivity contribution < 1.29 is 37.6 Å². The van der Waals surface area contributed by atoms with Gasteiger partial charge in [-0.2, -0.15) is 0 Å². The largest absolute Gasteiger partial charge is 0.490 e. The zero-order valence-electron chi connectivity index (χ0n) is 22.9. The molecule has 0 unspecified atom stereocenters. The van der Waals surface area contributed by atoms with Gasteiger partial charge in [0, 0.05) is 23.6 Å². The van der Waals surface area contributed by atoms with Crippen LogP contribution in [0.2, 0.25) is 0 Å². The van der Waals surface area contributed by atoms with Crippen LogP contribution in [0, 0.1) is 17.6 Å². The maximum atomic E-state index is 15.0. The number of carbonyl (C=O) groups excluding carboxylic acids is 1. The number of halogens is 2. The molecule has 212 valence electrons. The number of hydrogen-bond acceptors (Lipinski definition) is 6. The first-order chi connectivity index (χ1) is 19.1. The average Bonchev–Trinajstić information content (AvgIpc) is 3.60. The quantitative estimate of drug-likeness (QED) is 0.258. The average molecular weight is 553 g/mol. The molecule has 2 aliphatic rings. The van der Waals surface area contributed by atoms with E-state index >= 15 is 0 Å². The van der Waals surface area contributed by atoms with E-state index in [0.29, 0.717) is 48.5 Å². The molecule has 0 spiro atoms. The number of ether oxygens (including phenoxy) is 4. The van der Waals surface area contributed by atoms with Crippen LogP contribution in [0.3, 0.4) is 0 Å². The fourth-order valence-electron chi connectivity index (χ4n) is 5.09. The first kappa shape index (κ1) is 27.9. The van der Waals surface area contributed by atoms with Crippen molar-refractivity contribution >= 4 is 5.97 Å². The topological polar surface area (TPSA) is 74.2 Å². The third-order valence-corrected chi connectivity index (χ3v) is 7.31. The summed E-state index contributed by atoms with van der Waals surface area (Å²) in [4.78, 5) is 12.0. The van der Waals surface area contributed by atoms with E-state index in [1.807, 2.05) is 24.3 Å². The van der Waals surface area contributed by atoms with Gasteiger partial charge in [-0.25, -0.2) is 8.78 Å². The molecule has 0 bridgehead atoms. The van der Waals surface area contributed by atoms with Crippen LogP contribution in [0.15, 0.2) is 54.6 Å². The van der Waals surface area contributed by atoms with E-state index in [9.17, 15) is 18.7 Å². The maximum absolute atomic E-state index is 15.0. The summed E-state index contributed by atoms with van der Waals surface area (Å²) in [6.07, 6.45) is 1.78. The molecule has 0 amide bonds. The molecular formula is C32H34F2O6. The van der Waals surface area contributed by atoms with Crippen LogP contribution in [0.25, 0.3) is 0 Å². The lowest BCUT2D eigenvalue weighted by Gasteiger charge is -2.18. The molecule has 40 heavy (non-hydrogen) atoms. The number of fused-ring (bicyclic) bond motifs is 1. The van der Waals surface area contributed by atoms with Gasteiger partial charge >= 0.3 is 5.97 Å². The van der Waals surface area contributed by atoms with Crippen LogP contribution in [0.1, 0.15) is 68.7 Å². The minimum atomic E-state index is -0.904. The Balaban J connectivity index is 1.24. The van der Waals surface area contributed by atoms with Crippen molar-refractivity contribution in [1.82, 2.24) is 0 Å². The molecule has 1 fully saturated rings. The molecule has 3 aromatic rings. The van der Waals surface area contributed by atoms with Gasteiger partial charge in [0.2, 0.25) is 0 Å². The minimum absolute atomic E-state index is 0.0681. The Kier molecular flexibility index (Phi) is 7.99. The third kappa shape index (κ3) is 6.39. The van der Waals surface area contributed by atoms with E-state index < -0.39 is 17.5 Å². The minimum Gasteiger partial charge on any atom is -0.490 e. The summed E-state index contributed by atoms with van der Waals surface area (Å²) in [5.41, 5.74) is 1.29. The van der Waals surface area contributed by atoms with Gasteiger partial charge in [-0.05, 0) is 87.9 Å². The number of benzene rings is 3. The Morgan fingerprint density at radius 3 is 2.42 bits per heavy atom. The highest BCUT2D eigenvalue weighted by molar-refractivity contribution is 5.77. The highest BCUT2D eigenvalue weighted by Crippen LogP contribution is 2.49. The summed E-state index contributed by atoms with van der Waals surface area (Å²) >= 11 is 0. The Morgan fingerprint density at radius 1 is 1.00 bits per heavy atom. The fraction of sp³-hybridized carbons (Fsp3) is 0.406. The molecule has 3 aromatic carbocycles. The van der Waals surface area contributed by atoms with Crippen molar-refractivity contribution in [3.05, 3.63) is 82.9 Å². The smallest absolute Gasteiger partial charge is 0.309 e. The van der Waals surface area contributed by atoms with Crippen molar-refractivity contribution in [2.45, 2.75) is 64.1 Å². The molecule has 3 atom stereocenters. The molecule has 0 aliphatic heterocycles. The molecule has 8 heteroatoms. The van der Waals surface area contributed by atoms with Crippen LogP contribution >= 0.6 is 0 Å². The molecule has 6 nitrogen and oxygen atoms in total. The standard InChI is InChI=1S/C32H34F2O6/c1-4-37-31(35)24-18-23(24)19-5-7-20(8-6-19)39-29-13-10-22-27(14-11-25(33)30(22)29)40-21-9-12-28(26(34)17-21)38-16-15-32(2,3)36/h5-9,11-12,14,17,23-24,29,36H,4,10,13,15-16,18H2,1-3H3/t23-,24+,29-/m1/s1. The van der Waals surface area contributed by atoms with E-state index in [-0.39, 0.29) is 41.7 Å². The Hall–Kier alpha value is -3.65. The number of esters is 1. The predicted octanol–water partition coefficient (Wildman–Crippen LogP) is 7.03. The molecule has 0 heterocycles. The van der Waals surface area contributed by atoms with Crippen LogP contribution < -0.4 is 14.2 Å². The van der Waals surface area contributed by atoms with Gasteiger partial charge in [0.1, 0.15) is 29.2 Å². The Labute approximate surface area is 232 Å². The molecule has 1 saturated carbocycles. The van der Waals surface area contributed by atoms with Crippen molar-refractivity contribution in [3.8, 4) is 23.0 Å². The monoisotopic (exact) mass is 552 g/mol. The van der Waals surface area contributed by atoms with Gasteiger partial charge < -0.3 is 24.1 Å². The van der Waals surface area contributed by atoms with E-state index in [1.165, 1.54) is 18.2 Å². The molecule has 2 aliphatic carbocycles. The molecule has 0 aromatic heterocycles. The van der Waals surface area contributed by atoms with E-state index in [1.54, 1.807) is 32.9 Å². The third-order valence-electron chi connectivity index (χ3n) is 7.31. The van der Waals surface area contributed by atoms with Crippen LogP contribution in [-0.4, -0.2) is 29.9 Å². The van der Waals surface area contributed by atoms with E-state index in [0.717, 1.165) is 12.0 Å². The zero-order chi connectivity index (χ0) is 28.4. The summed E-state index contributed by atoms with van der Waals surface area (Å²) < 4.78 is 52.3. The highest BCUT2D eigenvalue weighted by atomic mass is 19.1. The number of hydrogen-bond donors (Lipinski definition) is 1. The molecule has 1 N–H and O–H groups in total. The number of rotatable bonds is 11. The fourth-order valence-corrected chi connectivity index (χ4v) is 5.09. The van der Waals surface area contributed by atoms with Crippen molar-refractivity contribution in [2.75, 3.05) is 13.2 Å². The lowest BCUT2D eigenvalue weighted by Crippen LogP contribution is -2.21. The maximum Gasteiger partial charge on any atom is 0.309 e. The molecular weight excluding hydrogens is 518 g/mol. The first-order valence-corrected chi connectivity index (χ1v) is 13.7. The van der Waals surface area contributed by atoms with Crippen molar-refractivity contribution in [3.63, 3.8) is 0 Å². The lowest BCUT2D eigenvalue weighted by atomic mass is 10.1. The van der Waals surface area contributed by atoms with E-state index in [2.05, 4.69) is 0 Å². The predicted molar refractivity (Wildman–Crippen MR) is 145 cm³/mol. The van der Waals surface area contributed by atoms with Gasteiger partial charge in [0.15, 0.2) is 11.6 Å². The van der Waals surface area contributed by atoms with Gasteiger partial charge in [-0.3, -0.25) is 4.79 Å². The molecule has 5 rings (SSSR count). The van der Waals surface area contributed by atoms with Gasteiger partial charge in [0.25, 0.3) is 0 Å². The number of aliphatic hydroxyl groups is 1. The van der Waals surface area contributed by atoms with Gasteiger partial charge in [-0.1, -0.05) is 12.1 Å². The second-order valence-corrected chi connectivity index (χ2v) is 11.0. The van der Waals surface area contributed by atoms with Crippen LogP contribution in [0.4, 0.5) is 8.78 Å². The second-order valence-electron chi connectivity index (χ2n) is 11.0. The van der Waals surface area contributed by atoms with E-state index in [4.69, 9.17) is 18.9 Å². The first-order valence-electron chi connectivity index (χ1n) is 13.7. The summed E-state index contributed by atoms with van der Waals surface area (Å²) in [7, 11) is 0. The summed E-state index contributed by atoms with van der Waals surface area (Å²) in [5.74, 6) is 0.357. The zero-order valence-corrected chi connectivity index (χ0v) is 22.9. The van der Waals surface area contributed by atoms with Gasteiger partial charge in [0.05, 0.1) is 24.7 Å². The SMILES string of the molecule is CCOC(=O)[C@H]1C[C@@H]1c1ccc(O[C@@H]2CCc3c(Oc4ccc(OCCC(C)(C)O)c(F)c4)ccc(F)c32)cc1. The summed E-state index contributed by atoms with van der Waals surface area (Å²) in [6, 6.07) is 14.8. The Morgan fingerprint density at radius 2 is 1.73 bits per heavy atom. The lowest BCUT2D eigenvalue weighted by molar-refractivity contribution is -0.144. The normalized spacial score (nSPS) is 19.6. The Bertz CT molecular complexity index is 1370. The van der Waals surface area contributed by atoms with Gasteiger partial charge in [-0.15, -0.1) is 0 Å². The second kappa shape index (κ2) is 11.5.